The zero-order valence-corrected chi connectivity index (χ0v) is 26.8. The lowest BCUT2D eigenvalue weighted by molar-refractivity contribution is -0.122. The van der Waals surface area contributed by atoms with Gasteiger partial charge in [0.25, 0.3) is 5.91 Å². The van der Waals surface area contributed by atoms with E-state index in [9.17, 15) is 29.1 Å². The molecule has 3 N–H and O–H groups in total. The van der Waals surface area contributed by atoms with Crippen LogP contribution < -0.4 is 24.6 Å². The highest BCUT2D eigenvalue weighted by Gasteiger charge is 2.56. The van der Waals surface area contributed by atoms with E-state index in [1.807, 2.05) is 0 Å². The van der Waals surface area contributed by atoms with Gasteiger partial charge < -0.3 is 29.6 Å². The van der Waals surface area contributed by atoms with Crippen LogP contribution in [0, 0.1) is 5.92 Å². The number of phenolic OH excluding ortho intramolecular Hbond substituents is 1. The van der Waals surface area contributed by atoms with Crippen LogP contribution in [-0.2, 0) is 19.1 Å². The van der Waals surface area contributed by atoms with Gasteiger partial charge >= 0.3 is 10.8 Å². The molecule has 0 saturated carbocycles. The summed E-state index contributed by atoms with van der Waals surface area (Å²) in [5, 5.41) is 11.9. The number of rotatable bonds is 10. The molecule has 0 radical (unpaired) electrons. The fourth-order valence-electron chi connectivity index (χ4n) is 5.58. The number of hydrogen-bond donors (Lipinski definition) is 3. The number of ether oxygens (including phenoxy) is 3. The van der Waals surface area contributed by atoms with Gasteiger partial charge in [-0.15, -0.1) is 0 Å². The second-order valence-electron chi connectivity index (χ2n) is 10.6. The number of carbonyl (C=O) groups is 4. The fourth-order valence-corrected chi connectivity index (χ4v) is 8.10. The van der Waals surface area contributed by atoms with E-state index >= 15 is 0 Å². The molecule has 2 aliphatic rings. The van der Waals surface area contributed by atoms with Gasteiger partial charge in [0.1, 0.15) is 11.0 Å². The van der Waals surface area contributed by atoms with Crippen molar-refractivity contribution >= 4 is 58.2 Å². The number of H-pyrrole nitrogens is 1. The van der Waals surface area contributed by atoms with Gasteiger partial charge in [-0.05, 0) is 80.1 Å². The lowest BCUT2D eigenvalue weighted by Crippen LogP contribution is -2.32. The van der Waals surface area contributed by atoms with Gasteiger partial charge in [-0.1, -0.05) is 29.2 Å². The Labute approximate surface area is 276 Å². The molecular weight excluding hydrogens is 647 g/mol. The zero-order chi connectivity index (χ0) is 33.2. The van der Waals surface area contributed by atoms with Crippen LogP contribution in [0.4, 0.5) is 11.4 Å². The van der Waals surface area contributed by atoms with Crippen molar-refractivity contribution < 1.29 is 38.5 Å². The number of aromatic hydroxyl groups is 1. The lowest BCUT2D eigenvalue weighted by atomic mass is 9.83. The van der Waals surface area contributed by atoms with E-state index < -0.39 is 40.8 Å². The van der Waals surface area contributed by atoms with Gasteiger partial charge in [-0.25, -0.2) is 9.69 Å². The van der Waals surface area contributed by atoms with Gasteiger partial charge in [0.15, 0.2) is 18.1 Å². The molecule has 3 unspecified atom stereocenters. The highest BCUT2D eigenvalue weighted by molar-refractivity contribution is 8.00. The summed E-state index contributed by atoms with van der Waals surface area (Å²) in [5.74, 6) is -2.61. The van der Waals surface area contributed by atoms with Crippen LogP contribution in [-0.4, -0.2) is 58.9 Å². The van der Waals surface area contributed by atoms with Crippen molar-refractivity contribution in [1.82, 2.24) is 4.98 Å². The molecule has 14 heteroatoms. The molecule has 0 bridgehead atoms. The number of imide groups is 1. The number of aromatic amines is 1. The first-order chi connectivity index (χ1) is 22.7. The largest absolute Gasteiger partial charge is 0.508 e. The summed E-state index contributed by atoms with van der Waals surface area (Å²) >= 11 is 2.14. The molecule has 47 heavy (non-hydrogen) atoms. The maximum atomic E-state index is 14.1. The maximum absolute atomic E-state index is 14.1. The number of benzene rings is 3. The summed E-state index contributed by atoms with van der Waals surface area (Å²) in [6, 6.07) is 17.2. The van der Waals surface area contributed by atoms with E-state index in [2.05, 4.69) is 10.3 Å². The number of thioether (sulfide) groups is 1. The minimum absolute atomic E-state index is 0.0728. The minimum Gasteiger partial charge on any atom is -0.508 e. The van der Waals surface area contributed by atoms with Crippen LogP contribution in [0.5, 0.6) is 17.2 Å². The number of carbonyl (C=O) groups excluding carboxylic acids is 4. The van der Waals surface area contributed by atoms with Crippen molar-refractivity contribution in [3.05, 3.63) is 92.4 Å². The number of nitrogens with one attached hydrogen (secondary N) is 2. The quantitative estimate of drug-likeness (QED) is 0.124. The number of aromatic nitrogens is 1. The number of fused-ring (bicyclic) bond motifs is 2. The number of hydrogen-bond acceptors (Lipinski definition) is 11. The molecule has 6 rings (SSSR count). The number of anilines is 2. The molecule has 1 fully saturated rings. The summed E-state index contributed by atoms with van der Waals surface area (Å²) in [4.78, 5) is 69.3. The van der Waals surface area contributed by atoms with Crippen molar-refractivity contribution in [1.29, 1.82) is 0 Å². The third kappa shape index (κ3) is 6.33. The Hall–Kier alpha value is -5.08. The third-order valence-electron chi connectivity index (χ3n) is 7.60. The van der Waals surface area contributed by atoms with Crippen molar-refractivity contribution in [2.75, 3.05) is 30.0 Å². The average molecular weight is 676 g/mol. The van der Waals surface area contributed by atoms with E-state index in [0.717, 1.165) is 28.0 Å². The summed E-state index contributed by atoms with van der Waals surface area (Å²) < 4.78 is 16.7. The highest BCUT2D eigenvalue weighted by atomic mass is 32.2. The molecule has 3 aromatic carbocycles. The van der Waals surface area contributed by atoms with Gasteiger partial charge in [-0.2, -0.15) is 0 Å². The van der Waals surface area contributed by atoms with E-state index in [1.54, 1.807) is 44.2 Å². The number of amides is 3. The Kier molecular flexibility index (Phi) is 9.05. The van der Waals surface area contributed by atoms with E-state index in [4.69, 9.17) is 14.2 Å². The van der Waals surface area contributed by atoms with Crippen LogP contribution in [0.15, 0.2) is 76.6 Å². The Morgan fingerprint density at radius 2 is 1.66 bits per heavy atom. The van der Waals surface area contributed by atoms with Crippen molar-refractivity contribution in [3.8, 4) is 17.2 Å². The maximum Gasteiger partial charge on any atom is 0.338 e. The molecule has 0 aliphatic carbocycles. The number of esters is 1. The van der Waals surface area contributed by atoms with Gasteiger partial charge in [0.05, 0.1) is 35.4 Å². The molecule has 242 valence electrons. The summed E-state index contributed by atoms with van der Waals surface area (Å²) in [6.45, 7) is 3.66. The highest BCUT2D eigenvalue weighted by Crippen LogP contribution is 2.53. The van der Waals surface area contributed by atoms with Crippen LogP contribution in [0.25, 0.3) is 0 Å². The Morgan fingerprint density at radius 1 is 0.915 bits per heavy atom. The summed E-state index contributed by atoms with van der Waals surface area (Å²) in [5.41, 5.74) is 1.73. The molecule has 4 aromatic rings. The molecule has 1 saturated heterocycles. The lowest BCUT2D eigenvalue weighted by Gasteiger charge is -2.30. The normalized spacial score (nSPS) is 18.3. The van der Waals surface area contributed by atoms with Gasteiger partial charge in [-0.3, -0.25) is 19.2 Å². The van der Waals surface area contributed by atoms with Gasteiger partial charge in [0, 0.05) is 16.5 Å². The Bertz CT molecular complexity index is 1900. The molecule has 12 nitrogen and oxygen atoms in total. The molecule has 3 heterocycles. The standard InChI is InChI=1S/C33H29N3O9S2/c1-3-43-23-15-18(7-14-22(23)45-16-24(38)34-19-8-12-21(37)13-9-19)25-26-28(46-29-27(25)47-33(42)35-29)31(40)36(30(26)39)20-10-5-17(6-11-20)32(41)44-4-2/h5-15,25-26,28,37H,3-4,16H2,1-2H3,(H,34,38)(H,35,42). The second-order valence-corrected chi connectivity index (χ2v) is 12.7. The SMILES string of the molecule is CCOC(=O)c1ccc(N2C(=O)C3Sc4[nH]c(=O)sc4C(c4ccc(OCC(=O)Nc5ccc(O)cc5)c(OCC)c4)C3C2=O)cc1. The van der Waals surface area contributed by atoms with Crippen molar-refractivity contribution in [3.63, 3.8) is 0 Å². The Balaban J connectivity index is 1.29. The smallest absolute Gasteiger partial charge is 0.338 e. The van der Waals surface area contributed by atoms with Crippen LogP contribution in [0.3, 0.4) is 0 Å². The third-order valence-corrected chi connectivity index (χ3v) is 10.00. The van der Waals surface area contributed by atoms with Crippen molar-refractivity contribution in [2.24, 2.45) is 5.92 Å². The first-order valence-electron chi connectivity index (χ1n) is 14.7. The Morgan fingerprint density at radius 3 is 2.36 bits per heavy atom. The first kappa shape index (κ1) is 31.9. The molecular formula is C33H29N3O9S2. The number of nitrogens with zero attached hydrogens (tertiary/aromatic N) is 1. The summed E-state index contributed by atoms with van der Waals surface area (Å²) in [6.07, 6.45) is 0. The van der Waals surface area contributed by atoms with E-state index in [0.29, 0.717) is 38.2 Å². The monoisotopic (exact) mass is 675 g/mol. The number of phenols is 1. The number of thiazole rings is 1. The molecule has 3 atom stereocenters. The van der Waals surface area contributed by atoms with Crippen LogP contribution in [0.1, 0.15) is 40.6 Å². The minimum atomic E-state index is -0.839. The molecule has 0 spiro atoms. The van der Waals surface area contributed by atoms with Crippen molar-refractivity contribution in [2.45, 2.75) is 30.0 Å². The predicted molar refractivity (Wildman–Crippen MR) is 175 cm³/mol. The molecule has 1 aromatic heterocycles. The van der Waals surface area contributed by atoms with Gasteiger partial charge in [0.2, 0.25) is 11.8 Å². The topological polar surface area (TPSA) is 164 Å². The summed E-state index contributed by atoms with van der Waals surface area (Å²) in [7, 11) is 0. The first-order valence-corrected chi connectivity index (χ1v) is 16.4. The van der Waals surface area contributed by atoms with E-state index in [1.165, 1.54) is 36.4 Å². The van der Waals surface area contributed by atoms with Crippen LogP contribution in [0.2, 0.25) is 0 Å². The molecule has 2 aliphatic heterocycles. The average Bonchev–Trinajstić information content (AvgIpc) is 3.55. The van der Waals surface area contributed by atoms with Crippen LogP contribution >= 0.6 is 23.1 Å². The molecule has 3 amide bonds. The zero-order valence-electron chi connectivity index (χ0n) is 25.2. The second kappa shape index (κ2) is 13.3. The predicted octanol–water partition coefficient (Wildman–Crippen LogP) is 4.53. The fraction of sp³-hybridized carbons (Fsp3) is 0.242. The van der Waals surface area contributed by atoms with E-state index in [-0.39, 0.29) is 36.2 Å².